The predicted molar refractivity (Wildman–Crippen MR) is 77.4 cm³/mol. The van der Waals surface area contributed by atoms with Gasteiger partial charge in [0, 0.05) is 26.2 Å². The van der Waals surface area contributed by atoms with Crippen LogP contribution >= 0.6 is 11.6 Å². The van der Waals surface area contributed by atoms with E-state index in [4.69, 9.17) is 11.6 Å². The maximum absolute atomic E-state index is 6.25. The van der Waals surface area contributed by atoms with Crippen LogP contribution in [0.15, 0.2) is 0 Å². The molecule has 19 heavy (non-hydrogen) atoms. The number of halogens is 1. The van der Waals surface area contributed by atoms with Crippen molar-refractivity contribution >= 4 is 11.6 Å². The van der Waals surface area contributed by atoms with Gasteiger partial charge in [-0.3, -0.25) is 4.68 Å². The minimum atomic E-state index is 0.800. The van der Waals surface area contributed by atoms with Crippen LogP contribution in [0.2, 0.25) is 5.02 Å². The van der Waals surface area contributed by atoms with Crippen molar-refractivity contribution in [3.63, 3.8) is 0 Å². The molecule has 4 nitrogen and oxygen atoms in total. The van der Waals surface area contributed by atoms with Crippen LogP contribution in [0.5, 0.6) is 0 Å². The number of rotatable bonds is 5. The van der Waals surface area contributed by atoms with Crippen LogP contribution < -0.4 is 5.32 Å². The molecule has 1 saturated heterocycles. The fourth-order valence-corrected chi connectivity index (χ4v) is 3.29. The summed E-state index contributed by atoms with van der Waals surface area (Å²) < 4.78 is 1.88. The molecule has 5 heteroatoms. The molecule has 0 radical (unpaired) electrons. The first-order valence-corrected chi connectivity index (χ1v) is 7.65. The van der Waals surface area contributed by atoms with Crippen LogP contribution in [0.25, 0.3) is 0 Å². The van der Waals surface area contributed by atoms with E-state index in [2.05, 4.69) is 15.3 Å². The molecule has 1 unspecified atom stereocenters. The molecule has 1 aromatic heterocycles. The van der Waals surface area contributed by atoms with Crippen LogP contribution in [0.4, 0.5) is 0 Å². The van der Waals surface area contributed by atoms with Crippen molar-refractivity contribution in [1.82, 2.24) is 20.0 Å². The van der Waals surface area contributed by atoms with Crippen LogP contribution in [0, 0.1) is 12.8 Å². The first kappa shape index (κ1) is 13.4. The zero-order valence-corrected chi connectivity index (χ0v) is 12.6. The fourth-order valence-electron chi connectivity index (χ4n) is 3.07. The molecule has 1 atom stereocenters. The van der Waals surface area contributed by atoms with Crippen molar-refractivity contribution in [1.29, 1.82) is 0 Å². The van der Waals surface area contributed by atoms with Gasteiger partial charge in [-0.2, -0.15) is 5.10 Å². The lowest BCUT2D eigenvalue weighted by molar-refractivity contribution is 0.311. The van der Waals surface area contributed by atoms with E-state index >= 15 is 0 Å². The number of nitrogens with one attached hydrogen (secondary N) is 1. The molecule has 3 rings (SSSR count). The third kappa shape index (κ3) is 2.96. The molecule has 0 aromatic carbocycles. The van der Waals surface area contributed by atoms with Gasteiger partial charge in [0.15, 0.2) is 0 Å². The van der Waals surface area contributed by atoms with Crippen molar-refractivity contribution in [2.45, 2.75) is 38.8 Å². The Morgan fingerprint density at radius 1 is 1.37 bits per heavy atom. The Morgan fingerprint density at radius 3 is 2.79 bits per heavy atom. The summed E-state index contributed by atoms with van der Waals surface area (Å²) in [6, 6.07) is 0.916. The molecule has 0 spiro atoms. The monoisotopic (exact) mass is 282 g/mol. The molecule has 2 fully saturated rings. The number of aromatic nitrogens is 2. The highest BCUT2D eigenvalue weighted by atomic mass is 35.5. The summed E-state index contributed by atoms with van der Waals surface area (Å²) in [4.78, 5) is 2.66. The largest absolute Gasteiger partial charge is 0.311 e. The van der Waals surface area contributed by atoms with Gasteiger partial charge in [-0.15, -0.1) is 0 Å². The Morgan fingerprint density at radius 2 is 2.16 bits per heavy atom. The summed E-state index contributed by atoms with van der Waals surface area (Å²) in [6.45, 7) is 6.43. The molecule has 0 amide bonds. The molecular formula is C14H23ClN4. The third-order valence-electron chi connectivity index (χ3n) is 4.37. The lowest BCUT2D eigenvalue weighted by atomic mass is 10.1. The van der Waals surface area contributed by atoms with E-state index in [9.17, 15) is 0 Å². The maximum atomic E-state index is 6.25. The topological polar surface area (TPSA) is 33.1 Å². The minimum Gasteiger partial charge on any atom is -0.311 e. The first-order valence-electron chi connectivity index (χ1n) is 7.28. The Hall–Kier alpha value is -0.580. The second kappa shape index (κ2) is 5.43. The van der Waals surface area contributed by atoms with Gasteiger partial charge in [-0.05, 0) is 45.2 Å². The van der Waals surface area contributed by atoms with Crippen LogP contribution in [0.1, 0.15) is 30.7 Å². The molecule has 2 heterocycles. The maximum Gasteiger partial charge on any atom is 0.0860 e. The Bertz CT molecular complexity index is 453. The van der Waals surface area contributed by atoms with E-state index in [-0.39, 0.29) is 0 Å². The van der Waals surface area contributed by atoms with Gasteiger partial charge in [0.2, 0.25) is 0 Å². The van der Waals surface area contributed by atoms with E-state index in [0.29, 0.717) is 0 Å². The number of nitrogens with zero attached hydrogens (tertiary/aromatic N) is 3. The molecule has 1 aromatic rings. The number of hydrogen-bond acceptors (Lipinski definition) is 3. The lowest BCUT2D eigenvalue weighted by Crippen LogP contribution is -2.28. The van der Waals surface area contributed by atoms with Gasteiger partial charge >= 0.3 is 0 Å². The summed E-state index contributed by atoms with van der Waals surface area (Å²) >= 11 is 6.25. The fraction of sp³-hybridized carbons (Fsp3) is 0.786. The standard InChI is InChI=1S/C14H23ClN4/c1-10-14(15)13(18(2)17-10)8-16-7-11-5-6-19(9-11)12-3-4-12/h11-12,16H,3-9H2,1-2H3. The Labute approximate surface area is 120 Å². The van der Waals surface area contributed by atoms with E-state index in [1.807, 2.05) is 18.7 Å². The molecule has 1 aliphatic heterocycles. The molecule has 0 bridgehead atoms. The smallest absolute Gasteiger partial charge is 0.0860 e. The van der Waals surface area contributed by atoms with Gasteiger partial charge < -0.3 is 10.2 Å². The lowest BCUT2D eigenvalue weighted by Gasteiger charge is -2.15. The van der Waals surface area contributed by atoms with Gasteiger partial charge in [0.25, 0.3) is 0 Å². The van der Waals surface area contributed by atoms with E-state index in [1.54, 1.807) is 0 Å². The number of hydrogen-bond donors (Lipinski definition) is 1. The van der Waals surface area contributed by atoms with Gasteiger partial charge in [0.05, 0.1) is 16.4 Å². The van der Waals surface area contributed by atoms with Crippen LogP contribution in [-0.2, 0) is 13.6 Å². The molecule has 1 aliphatic carbocycles. The van der Waals surface area contributed by atoms with Crippen molar-refractivity contribution < 1.29 is 0 Å². The summed E-state index contributed by atoms with van der Waals surface area (Å²) in [7, 11) is 1.96. The SMILES string of the molecule is Cc1nn(C)c(CNCC2CCN(C3CC3)C2)c1Cl. The van der Waals surface area contributed by atoms with Crippen molar-refractivity contribution in [3.8, 4) is 0 Å². The molecule has 106 valence electrons. The summed E-state index contributed by atoms with van der Waals surface area (Å²) in [5.41, 5.74) is 2.01. The number of likely N-dealkylation sites (tertiary alicyclic amines) is 1. The highest BCUT2D eigenvalue weighted by molar-refractivity contribution is 6.31. The summed E-state index contributed by atoms with van der Waals surface area (Å²) in [6.07, 6.45) is 4.18. The van der Waals surface area contributed by atoms with Gasteiger partial charge in [-0.1, -0.05) is 11.6 Å². The van der Waals surface area contributed by atoms with Crippen LogP contribution in [-0.4, -0.2) is 40.4 Å². The summed E-state index contributed by atoms with van der Waals surface area (Å²) in [5, 5.41) is 8.69. The quantitative estimate of drug-likeness (QED) is 0.896. The van der Waals surface area contributed by atoms with E-state index in [1.165, 1.54) is 32.4 Å². The number of aryl methyl sites for hydroxylation is 2. The molecule has 1 saturated carbocycles. The average molecular weight is 283 g/mol. The Kier molecular flexibility index (Phi) is 3.83. The Balaban J connectivity index is 1.45. The molecule has 2 aliphatic rings. The van der Waals surface area contributed by atoms with Crippen molar-refractivity contribution in [2.75, 3.05) is 19.6 Å². The predicted octanol–water partition coefficient (Wildman–Crippen LogP) is 1.96. The highest BCUT2D eigenvalue weighted by Gasteiger charge is 2.34. The molecular weight excluding hydrogens is 260 g/mol. The zero-order chi connectivity index (χ0) is 13.4. The van der Waals surface area contributed by atoms with Gasteiger partial charge in [0.1, 0.15) is 0 Å². The zero-order valence-electron chi connectivity index (χ0n) is 11.8. The molecule has 1 N–H and O–H groups in total. The second-order valence-electron chi connectivity index (χ2n) is 5.98. The van der Waals surface area contributed by atoms with Crippen LogP contribution in [0.3, 0.4) is 0 Å². The van der Waals surface area contributed by atoms with E-state index in [0.717, 1.165) is 41.5 Å². The third-order valence-corrected chi connectivity index (χ3v) is 4.86. The van der Waals surface area contributed by atoms with E-state index < -0.39 is 0 Å². The normalized spacial score (nSPS) is 24.3. The second-order valence-corrected chi connectivity index (χ2v) is 6.36. The van der Waals surface area contributed by atoms with Crippen molar-refractivity contribution in [3.05, 3.63) is 16.4 Å². The van der Waals surface area contributed by atoms with Crippen molar-refractivity contribution in [2.24, 2.45) is 13.0 Å². The highest BCUT2D eigenvalue weighted by Crippen LogP contribution is 2.31. The summed E-state index contributed by atoms with van der Waals surface area (Å²) in [5.74, 6) is 0.800. The first-order chi connectivity index (χ1) is 9.15. The minimum absolute atomic E-state index is 0.800. The average Bonchev–Trinajstić information content (AvgIpc) is 3.08. The van der Waals surface area contributed by atoms with Gasteiger partial charge in [-0.25, -0.2) is 0 Å².